The Balaban J connectivity index is 5.15. The number of phosphoric ester groups is 2. The molecule has 17 nitrogen and oxygen atoms in total. The van der Waals surface area contributed by atoms with E-state index in [1.807, 2.05) is 0 Å². The van der Waals surface area contributed by atoms with E-state index in [0.717, 1.165) is 108 Å². The number of aliphatic hydroxyl groups excluding tert-OH is 1. The monoisotopic (exact) mass is 1300 g/mol. The number of ether oxygens (including phenoxy) is 4. The molecule has 0 saturated heterocycles. The van der Waals surface area contributed by atoms with Gasteiger partial charge in [0.15, 0.2) is 12.2 Å². The molecule has 522 valence electrons. The molecule has 0 spiro atoms. The number of carbonyl (C=O) groups excluding carboxylic acids is 4. The van der Waals surface area contributed by atoms with E-state index in [2.05, 4.69) is 41.5 Å². The van der Waals surface area contributed by atoms with E-state index in [4.69, 9.17) is 37.0 Å². The van der Waals surface area contributed by atoms with Crippen LogP contribution in [0.3, 0.4) is 0 Å². The van der Waals surface area contributed by atoms with Crippen LogP contribution in [-0.2, 0) is 65.4 Å². The van der Waals surface area contributed by atoms with Crippen LogP contribution in [0.25, 0.3) is 0 Å². The van der Waals surface area contributed by atoms with Crippen molar-refractivity contribution in [1.82, 2.24) is 0 Å². The highest BCUT2D eigenvalue weighted by Gasteiger charge is 2.30. The molecule has 19 heteroatoms. The third-order valence-electron chi connectivity index (χ3n) is 16.7. The second kappa shape index (κ2) is 61.3. The molecule has 0 amide bonds. The third kappa shape index (κ3) is 60.3. The number of carbonyl (C=O) groups is 4. The Morgan fingerprint density at radius 1 is 0.318 bits per heavy atom. The maximum absolute atomic E-state index is 13.0. The molecule has 0 bridgehead atoms. The number of unbranched alkanes of at least 4 members (excludes halogenated alkanes) is 36. The Kier molecular flexibility index (Phi) is 59.9. The van der Waals surface area contributed by atoms with Gasteiger partial charge in [-0.15, -0.1) is 0 Å². The van der Waals surface area contributed by atoms with Gasteiger partial charge in [0.25, 0.3) is 0 Å². The first-order chi connectivity index (χ1) is 42.4. The van der Waals surface area contributed by atoms with Gasteiger partial charge in [-0.1, -0.05) is 298 Å². The van der Waals surface area contributed by atoms with Crippen LogP contribution in [-0.4, -0.2) is 96.7 Å². The smallest absolute Gasteiger partial charge is 0.462 e. The van der Waals surface area contributed by atoms with E-state index in [-0.39, 0.29) is 25.7 Å². The predicted molar refractivity (Wildman–Crippen MR) is 354 cm³/mol. The van der Waals surface area contributed by atoms with Crippen LogP contribution in [0.15, 0.2) is 0 Å². The van der Waals surface area contributed by atoms with E-state index in [9.17, 15) is 43.2 Å². The van der Waals surface area contributed by atoms with E-state index in [1.54, 1.807) is 0 Å². The number of rotatable bonds is 68. The zero-order chi connectivity index (χ0) is 65.0. The standard InChI is InChI=1S/C69H134O17P2/c1-7-11-13-15-16-17-18-19-20-21-22-23-24-25-26-31-34-41-47-53-68(73)85-65(58-80-67(72)52-46-40-33-30-28-27-29-32-38-43-49-61(5)9-3)60-84-88(77,78)82-56-63(70)55-81-87(75,76)83-59-64(57-79-66(71)51-45-37-14-12-8-2)86-69(74)54-48-42-36-35-39-44-50-62(6)10-4/h61-65,70H,7-60H2,1-6H3,(H,75,76)(H,77,78)/t61?,62?,63-,64+,65+/m0/s1. The van der Waals surface area contributed by atoms with Gasteiger partial charge in [-0.2, -0.15) is 0 Å². The molecule has 7 atom stereocenters. The van der Waals surface area contributed by atoms with Gasteiger partial charge in [0.05, 0.1) is 26.4 Å². The van der Waals surface area contributed by atoms with Crippen molar-refractivity contribution in [2.24, 2.45) is 11.8 Å². The fourth-order valence-corrected chi connectivity index (χ4v) is 11.9. The zero-order valence-electron chi connectivity index (χ0n) is 57.0. The van der Waals surface area contributed by atoms with Crippen molar-refractivity contribution in [3.63, 3.8) is 0 Å². The summed E-state index contributed by atoms with van der Waals surface area (Å²) in [5.74, 6) is -0.610. The first kappa shape index (κ1) is 86.1. The average molecular weight is 1300 g/mol. The van der Waals surface area contributed by atoms with E-state index < -0.39 is 97.5 Å². The lowest BCUT2D eigenvalue weighted by atomic mass is 9.99. The topological polar surface area (TPSA) is 237 Å². The van der Waals surface area contributed by atoms with Gasteiger partial charge in [-0.05, 0) is 37.5 Å². The van der Waals surface area contributed by atoms with Gasteiger partial charge < -0.3 is 33.8 Å². The minimum absolute atomic E-state index is 0.102. The highest BCUT2D eigenvalue weighted by Crippen LogP contribution is 2.45. The SMILES string of the molecule is CCCCCCCCCCCCCCCCCCCCCC(=O)O[C@H](COC(=O)CCCCCCCCCCCCC(C)CC)COP(=O)(O)OC[C@@H](O)COP(=O)(O)OC[C@@H](COC(=O)CCCCCCC)OC(=O)CCCCCCCCC(C)CC. The Bertz CT molecular complexity index is 1720. The second-order valence-electron chi connectivity index (χ2n) is 25.4. The molecule has 3 N–H and O–H groups in total. The number of esters is 4. The number of phosphoric acid groups is 2. The Morgan fingerprint density at radius 3 is 0.807 bits per heavy atom. The van der Waals surface area contributed by atoms with Crippen LogP contribution in [0.2, 0.25) is 0 Å². The molecule has 0 aromatic heterocycles. The average Bonchev–Trinajstić information content (AvgIpc) is 3.55. The molecule has 0 saturated carbocycles. The van der Waals surface area contributed by atoms with E-state index in [1.165, 1.54) is 161 Å². The molecule has 0 radical (unpaired) electrons. The fourth-order valence-electron chi connectivity index (χ4n) is 10.4. The molecule has 0 heterocycles. The van der Waals surface area contributed by atoms with Crippen molar-refractivity contribution in [1.29, 1.82) is 0 Å². The van der Waals surface area contributed by atoms with Crippen molar-refractivity contribution < 1.29 is 80.2 Å². The molecule has 0 aliphatic rings. The maximum atomic E-state index is 13.0. The molecular formula is C69H134O17P2. The first-order valence-corrected chi connectivity index (χ1v) is 39.1. The van der Waals surface area contributed by atoms with Crippen LogP contribution in [0.4, 0.5) is 0 Å². The predicted octanol–water partition coefficient (Wildman–Crippen LogP) is 19.6. The maximum Gasteiger partial charge on any atom is 0.472 e. The molecular weight excluding hydrogens is 1160 g/mol. The highest BCUT2D eigenvalue weighted by molar-refractivity contribution is 7.47. The molecule has 0 aliphatic heterocycles. The van der Waals surface area contributed by atoms with Gasteiger partial charge in [0.1, 0.15) is 19.3 Å². The summed E-state index contributed by atoms with van der Waals surface area (Å²) in [6.45, 7) is 9.43. The molecule has 0 rings (SSSR count). The van der Waals surface area contributed by atoms with Gasteiger partial charge in [0, 0.05) is 25.7 Å². The first-order valence-electron chi connectivity index (χ1n) is 36.1. The minimum Gasteiger partial charge on any atom is -0.462 e. The van der Waals surface area contributed by atoms with Crippen molar-refractivity contribution in [3.8, 4) is 0 Å². The normalized spacial score (nSPS) is 14.8. The van der Waals surface area contributed by atoms with Crippen molar-refractivity contribution in [2.45, 2.75) is 368 Å². The Hall–Kier alpha value is -1.94. The largest absolute Gasteiger partial charge is 0.472 e. The van der Waals surface area contributed by atoms with Gasteiger partial charge in [-0.25, -0.2) is 9.13 Å². The summed E-state index contributed by atoms with van der Waals surface area (Å²) in [6.07, 6.45) is 46.3. The van der Waals surface area contributed by atoms with Crippen LogP contribution >= 0.6 is 15.6 Å². The Morgan fingerprint density at radius 2 is 0.545 bits per heavy atom. The van der Waals surface area contributed by atoms with Crippen LogP contribution in [0.5, 0.6) is 0 Å². The minimum atomic E-state index is -4.95. The summed E-state index contributed by atoms with van der Waals surface area (Å²) in [7, 11) is -9.89. The lowest BCUT2D eigenvalue weighted by molar-refractivity contribution is -0.161. The molecule has 0 aromatic carbocycles. The van der Waals surface area contributed by atoms with Gasteiger partial charge in [0.2, 0.25) is 0 Å². The quantitative estimate of drug-likeness (QED) is 0.0222. The van der Waals surface area contributed by atoms with E-state index >= 15 is 0 Å². The lowest BCUT2D eigenvalue weighted by Crippen LogP contribution is -2.30. The zero-order valence-corrected chi connectivity index (χ0v) is 58.8. The fraction of sp³-hybridized carbons (Fsp3) is 0.942. The van der Waals surface area contributed by atoms with Gasteiger partial charge >= 0.3 is 39.5 Å². The second-order valence-corrected chi connectivity index (χ2v) is 28.3. The van der Waals surface area contributed by atoms with Crippen LogP contribution in [0.1, 0.15) is 350 Å². The summed E-state index contributed by atoms with van der Waals surface area (Å²) in [4.78, 5) is 72.2. The van der Waals surface area contributed by atoms with Crippen LogP contribution in [0, 0.1) is 11.8 Å². The summed E-state index contributed by atoms with van der Waals surface area (Å²) in [5, 5.41) is 10.5. The van der Waals surface area contributed by atoms with Crippen molar-refractivity contribution in [2.75, 3.05) is 39.6 Å². The number of aliphatic hydroxyl groups is 1. The highest BCUT2D eigenvalue weighted by atomic mass is 31.2. The number of hydrogen-bond donors (Lipinski definition) is 3. The molecule has 4 unspecified atom stereocenters. The summed E-state index contributed by atoms with van der Waals surface area (Å²) < 4.78 is 68.0. The summed E-state index contributed by atoms with van der Waals surface area (Å²) in [5.41, 5.74) is 0. The van der Waals surface area contributed by atoms with Gasteiger partial charge in [-0.3, -0.25) is 37.3 Å². The Labute approximate surface area is 537 Å². The molecule has 0 aromatic rings. The molecule has 0 fully saturated rings. The van der Waals surface area contributed by atoms with E-state index in [0.29, 0.717) is 25.7 Å². The van der Waals surface area contributed by atoms with Crippen LogP contribution < -0.4 is 0 Å². The third-order valence-corrected chi connectivity index (χ3v) is 18.6. The number of hydrogen-bond acceptors (Lipinski definition) is 15. The summed E-state index contributed by atoms with van der Waals surface area (Å²) >= 11 is 0. The lowest BCUT2D eigenvalue weighted by Gasteiger charge is -2.21. The molecule has 0 aliphatic carbocycles. The van der Waals surface area contributed by atoms with Crippen molar-refractivity contribution >= 4 is 39.5 Å². The summed E-state index contributed by atoms with van der Waals surface area (Å²) in [6, 6.07) is 0. The van der Waals surface area contributed by atoms with Crippen molar-refractivity contribution in [3.05, 3.63) is 0 Å². The molecule has 88 heavy (non-hydrogen) atoms.